The zero-order chi connectivity index (χ0) is 15.1. The summed E-state index contributed by atoms with van der Waals surface area (Å²) in [5, 5.41) is 6.35. The van der Waals surface area contributed by atoms with Gasteiger partial charge in [0.05, 0.1) is 17.3 Å². The number of rotatable bonds is 6. The predicted molar refractivity (Wildman–Crippen MR) is 83.1 cm³/mol. The third-order valence-electron chi connectivity index (χ3n) is 2.96. The van der Waals surface area contributed by atoms with Gasteiger partial charge in [0.15, 0.2) is 0 Å². The summed E-state index contributed by atoms with van der Waals surface area (Å²) in [7, 11) is 0. The van der Waals surface area contributed by atoms with Crippen LogP contribution >= 0.6 is 11.6 Å². The largest absolute Gasteiger partial charge is 0.375 e. The van der Waals surface area contributed by atoms with Crippen molar-refractivity contribution < 1.29 is 9.18 Å². The van der Waals surface area contributed by atoms with Gasteiger partial charge < -0.3 is 10.6 Å². The number of carbonyl (C=O) groups excluding carboxylic acids is 1. The summed E-state index contributed by atoms with van der Waals surface area (Å²) in [5.74, 6) is -0.372. The van der Waals surface area contributed by atoms with Gasteiger partial charge in [0, 0.05) is 6.54 Å². The Labute approximate surface area is 128 Å². The molecule has 0 aromatic heterocycles. The quantitative estimate of drug-likeness (QED) is 0.860. The SMILES string of the molecule is O=C(CNc1ccccc1Cl)NCCc1ccc(F)cc1. The minimum Gasteiger partial charge on any atom is -0.375 e. The van der Waals surface area contributed by atoms with Crippen molar-refractivity contribution in [3.8, 4) is 0 Å². The van der Waals surface area contributed by atoms with Crippen molar-refractivity contribution in [1.82, 2.24) is 5.32 Å². The fourth-order valence-corrected chi connectivity index (χ4v) is 2.04. The number of benzene rings is 2. The number of hydrogen-bond acceptors (Lipinski definition) is 2. The number of hydrogen-bond donors (Lipinski definition) is 2. The predicted octanol–water partition coefficient (Wildman–Crippen LogP) is 3.25. The van der Waals surface area contributed by atoms with Gasteiger partial charge in [-0.3, -0.25) is 4.79 Å². The van der Waals surface area contributed by atoms with Crippen molar-refractivity contribution in [3.05, 3.63) is 64.9 Å². The molecule has 0 fully saturated rings. The fourth-order valence-electron chi connectivity index (χ4n) is 1.84. The molecular weight excluding hydrogens is 291 g/mol. The molecule has 0 spiro atoms. The van der Waals surface area contributed by atoms with Gasteiger partial charge in [0.25, 0.3) is 0 Å². The Hall–Kier alpha value is -2.07. The van der Waals surface area contributed by atoms with E-state index in [1.54, 1.807) is 18.2 Å². The van der Waals surface area contributed by atoms with Crippen molar-refractivity contribution in [2.75, 3.05) is 18.4 Å². The number of anilines is 1. The maximum atomic E-state index is 12.7. The average Bonchev–Trinajstić information content (AvgIpc) is 2.48. The van der Waals surface area contributed by atoms with Crippen LogP contribution in [0.2, 0.25) is 5.02 Å². The average molecular weight is 307 g/mol. The molecule has 3 nitrogen and oxygen atoms in total. The van der Waals surface area contributed by atoms with Gasteiger partial charge in [-0.15, -0.1) is 0 Å². The van der Waals surface area contributed by atoms with Crippen molar-refractivity contribution in [2.45, 2.75) is 6.42 Å². The van der Waals surface area contributed by atoms with Crippen LogP contribution in [0.1, 0.15) is 5.56 Å². The van der Waals surface area contributed by atoms with Gasteiger partial charge in [0.1, 0.15) is 5.82 Å². The molecule has 0 atom stereocenters. The zero-order valence-electron chi connectivity index (χ0n) is 11.4. The van der Waals surface area contributed by atoms with E-state index in [4.69, 9.17) is 11.6 Å². The lowest BCUT2D eigenvalue weighted by Crippen LogP contribution is -2.31. The topological polar surface area (TPSA) is 41.1 Å². The fraction of sp³-hybridized carbons (Fsp3) is 0.188. The highest BCUT2D eigenvalue weighted by atomic mass is 35.5. The minimum atomic E-state index is -0.258. The van der Waals surface area contributed by atoms with E-state index in [9.17, 15) is 9.18 Å². The minimum absolute atomic E-state index is 0.114. The number of carbonyl (C=O) groups is 1. The normalized spacial score (nSPS) is 10.2. The summed E-state index contributed by atoms with van der Waals surface area (Å²) in [6.45, 7) is 0.668. The second-order valence-electron chi connectivity index (χ2n) is 4.56. The molecule has 2 aromatic carbocycles. The van der Waals surface area contributed by atoms with Crippen LogP contribution in [0.15, 0.2) is 48.5 Å². The molecule has 0 aliphatic rings. The molecule has 2 rings (SSSR count). The van der Waals surface area contributed by atoms with E-state index in [-0.39, 0.29) is 18.3 Å². The highest BCUT2D eigenvalue weighted by molar-refractivity contribution is 6.33. The monoisotopic (exact) mass is 306 g/mol. The first-order valence-corrected chi connectivity index (χ1v) is 7.02. The van der Waals surface area contributed by atoms with Crippen LogP contribution in [0.5, 0.6) is 0 Å². The molecule has 21 heavy (non-hydrogen) atoms. The maximum Gasteiger partial charge on any atom is 0.239 e. The number of nitrogens with one attached hydrogen (secondary N) is 2. The molecule has 0 unspecified atom stereocenters. The van der Waals surface area contributed by atoms with E-state index in [2.05, 4.69) is 10.6 Å². The van der Waals surface area contributed by atoms with Gasteiger partial charge in [-0.25, -0.2) is 4.39 Å². The highest BCUT2D eigenvalue weighted by Crippen LogP contribution is 2.19. The van der Waals surface area contributed by atoms with Crippen LogP contribution < -0.4 is 10.6 Å². The third kappa shape index (κ3) is 5.08. The van der Waals surface area contributed by atoms with Gasteiger partial charge in [-0.05, 0) is 36.2 Å². The zero-order valence-corrected chi connectivity index (χ0v) is 12.2. The Kier molecular flexibility index (Phi) is 5.58. The summed E-state index contributed by atoms with van der Waals surface area (Å²) in [4.78, 5) is 11.7. The van der Waals surface area contributed by atoms with Crippen molar-refractivity contribution in [2.24, 2.45) is 0 Å². The summed E-state index contributed by atoms with van der Waals surface area (Å²) in [5.41, 5.74) is 1.71. The van der Waals surface area contributed by atoms with Crippen LogP contribution in [0.25, 0.3) is 0 Å². The molecule has 2 N–H and O–H groups in total. The molecule has 0 saturated heterocycles. The lowest BCUT2D eigenvalue weighted by atomic mass is 10.1. The highest BCUT2D eigenvalue weighted by Gasteiger charge is 2.03. The first-order chi connectivity index (χ1) is 10.1. The summed E-state index contributed by atoms with van der Waals surface area (Å²) in [6.07, 6.45) is 0.665. The van der Waals surface area contributed by atoms with Crippen molar-refractivity contribution >= 4 is 23.2 Å². The lowest BCUT2D eigenvalue weighted by molar-refractivity contribution is -0.119. The Bertz CT molecular complexity index is 601. The van der Waals surface area contributed by atoms with Gasteiger partial charge in [-0.2, -0.15) is 0 Å². The molecule has 0 aliphatic heterocycles. The third-order valence-corrected chi connectivity index (χ3v) is 3.29. The molecule has 0 aliphatic carbocycles. The Morgan fingerprint density at radius 1 is 1.10 bits per heavy atom. The molecule has 0 saturated carbocycles. The van der Waals surface area contributed by atoms with E-state index in [0.29, 0.717) is 18.0 Å². The Morgan fingerprint density at radius 2 is 1.81 bits per heavy atom. The molecule has 0 bridgehead atoms. The first-order valence-electron chi connectivity index (χ1n) is 6.65. The number of para-hydroxylation sites is 1. The second kappa shape index (κ2) is 7.64. The van der Waals surface area contributed by atoms with E-state index in [0.717, 1.165) is 11.3 Å². The van der Waals surface area contributed by atoms with Crippen molar-refractivity contribution in [3.63, 3.8) is 0 Å². The van der Waals surface area contributed by atoms with E-state index < -0.39 is 0 Å². The maximum absolute atomic E-state index is 12.7. The van der Waals surface area contributed by atoms with Crippen LogP contribution in [0.4, 0.5) is 10.1 Å². The molecule has 0 radical (unpaired) electrons. The van der Waals surface area contributed by atoms with Crippen LogP contribution in [0, 0.1) is 5.82 Å². The van der Waals surface area contributed by atoms with Crippen LogP contribution in [0.3, 0.4) is 0 Å². The lowest BCUT2D eigenvalue weighted by Gasteiger charge is -2.09. The van der Waals surface area contributed by atoms with Crippen LogP contribution in [-0.2, 0) is 11.2 Å². The van der Waals surface area contributed by atoms with Gasteiger partial charge >= 0.3 is 0 Å². The molecule has 110 valence electrons. The van der Waals surface area contributed by atoms with E-state index >= 15 is 0 Å². The summed E-state index contributed by atoms with van der Waals surface area (Å²) in [6, 6.07) is 13.5. The summed E-state index contributed by atoms with van der Waals surface area (Å²) >= 11 is 5.98. The van der Waals surface area contributed by atoms with Gasteiger partial charge in [-0.1, -0.05) is 35.9 Å². The molecule has 0 heterocycles. The van der Waals surface area contributed by atoms with Crippen molar-refractivity contribution in [1.29, 1.82) is 0 Å². The van der Waals surface area contributed by atoms with Gasteiger partial charge in [0.2, 0.25) is 5.91 Å². The summed E-state index contributed by atoms with van der Waals surface area (Å²) < 4.78 is 12.7. The first kappa shape index (κ1) is 15.3. The number of halogens is 2. The molecular formula is C16H16ClFN2O. The van der Waals surface area contributed by atoms with E-state index in [1.165, 1.54) is 12.1 Å². The second-order valence-corrected chi connectivity index (χ2v) is 4.97. The Morgan fingerprint density at radius 3 is 2.52 bits per heavy atom. The Balaban J connectivity index is 1.70. The smallest absolute Gasteiger partial charge is 0.239 e. The standard InChI is InChI=1S/C16H16ClFN2O/c17-14-3-1-2-4-15(14)20-11-16(21)19-10-9-12-5-7-13(18)8-6-12/h1-8,20H,9-11H2,(H,19,21). The van der Waals surface area contributed by atoms with Crippen LogP contribution in [-0.4, -0.2) is 19.0 Å². The van der Waals surface area contributed by atoms with E-state index in [1.807, 2.05) is 18.2 Å². The molecule has 2 aromatic rings. The molecule has 1 amide bonds. The molecule has 5 heteroatoms. The number of amides is 1.